The van der Waals surface area contributed by atoms with Crippen LogP contribution >= 0.6 is 11.8 Å². The fourth-order valence-electron chi connectivity index (χ4n) is 3.51. The summed E-state index contributed by atoms with van der Waals surface area (Å²) in [5.41, 5.74) is 2.45. The highest BCUT2D eigenvalue weighted by Crippen LogP contribution is 2.30. The molecule has 0 aliphatic heterocycles. The van der Waals surface area contributed by atoms with E-state index in [0.717, 1.165) is 21.5 Å². The van der Waals surface area contributed by atoms with Crippen LogP contribution < -0.4 is 15.4 Å². The van der Waals surface area contributed by atoms with E-state index in [-0.39, 0.29) is 11.8 Å². The summed E-state index contributed by atoms with van der Waals surface area (Å²) in [5.74, 6) is 0.862. The van der Waals surface area contributed by atoms with Gasteiger partial charge in [0, 0.05) is 46.3 Å². The Balaban J connectivity index is 1.37. The summed E-state index contributed by atoms with van der Waals surface area (Å²) in [7, 11) is 1.60. The average Bonchev–Trinajstić information content (AvgIpc) is 3.21. The van der Waals surface area contributed by atoms with Crippen molar-refractivity contribution in [2.24, 2.45) is 0 Å². The molecule has 0 fully saturated rings. The van der Waals surface area contributed by atoms with E-state index >= 15 is 0 Å². The number of rotatable bonds is 9. The van der Waals surface area contributed by atoms with Gasteiger partial charge in [-0.15, -0.1) is 11.8 Å². The number of fused-ring (bicyclic) bond motifs is 1. The van der Waals surface area contributed by atoms with E-state index in [1.807, 2.05) is 48.7 Å². The summed E-state index contributed by atoms with van der Waals surface area (Å²) in [6.45, 7) is 1.11. The number of amides is 2. The van der Waals surface area contributed by atoms with Crippen molar-refractivity contribution in [3.63, 3.8) is 0 Å². The summed E-state index contributed by atoms with van der Waals surface area (Å²) in [6.07, 6.45) is 2.05. The molecule has 3 aromatic carbocycles. The predicted molar refractivity (Wildman–Crippen MR) is 133 cm³/mol. The lowest BCUT2D eigenvalue weighted by Crippen LogP contribution is -2.27. The number of para-hydroxylation sites is 2. The maximum absolute atomic E-state index is 12.4. The molecule has 1 aromatic heterocycles. The number of hydrogen-bond donors (Lipinski definition) is 2. The van der Waals surface area contributed by atoms with Gasteiger partial charge >= 0.3 is 0 Å². The molecule has 4 aromatic rings. The zero-order chi connectivity index (χ0) is 23.0. The molecule has 33 heavy (non-hydrogen) atoms. The molecule has 0 bridgehead atoms. The van der Waals surface area contributed by atoms with E-state index < -0.39 is 0 Å². The Kier molecular flexibility index (Phi) is 7.32. The number of benzene rings is 3. The molecule has 0 saturated heterocycles. The van der Waals surface area contributed by atoms with Crippen LogP contribution in [0.5, 0.6) is 5.75 Å². The van der Waals surface area contributed by atoms with E-state index in [2.05, 4.69) is 27.3 Å². The second-order valence-corrected chi connectivity index (χ2v) is 8.41. The molecule has 7 heteroatoms. The quantitative estimate of drug-likeness (QED) is 0.352. The number of anilines is 1. The van der Waals surface area contributed by atoms with Crippen LogP contribution in [0.4, 0.5) is 5.69 Å². The molecule has 0 unspecified atom stereocenters. The zero-order valence-corrected chi connectivity index (χ0v) is 19.1. The molecule has 0 atom stereocenters. The van der Waals surface area contributed by atoms with Crippen molar-refractivity contribution in [1.82, 2.24) is 9.88 Å². The van der Waals surface area contributed by atoms with Crippen molar-refractivity contribution in [3.8, 4) is 5.75 Å². The van der Waals surface area contributed by atoms with Crippen molar-refractivity contribution >= 4 is 40.2 Å². The van der Waals surface area contributed by atoms with Gasteiger partial charge in [0.2, 0.25) is 5.91 Å². The highest BCUT2D eigenvalue weighted by molar-refractivity contribution is 8.00. The second-order valence-electron chi connectivity index (χ2n) is 7.39. The third-order valence-electron chi connectivity index (χ3n) is 5.16. The maximum atomic E-state index is 12.4. The summed E-state index contributed by atoms with van der Waals surface area (Å²) in [6, 6.07) is 24.6. The Morgan fingerprint density at radius 2 is 1.67 bits per heavy atom. The monoisotopic (exact) mass is 459 g/mol. The normalized spacial score (nSPS) is 10.7. The number of carbonyl (C=O) groups is 2. The number of nitrogens with zero attached hydrogens (tertiary/aromatic N) is 1. The van der Waals surface area contributed by atoms with E-state index in [4.69, 9.17) is 4.74 Å². The lowest BCUT2D eigenvalue weighted by Gasteiger charge is -2.08. The van der Waals surface area contributed by atoms with Crippen LogP contribution in [0.3, 0.4) is 0 Å². The van der Waals surface area contributed by atoms with Crippen LogP contribution in [0, 0.1) is 0 Å². The lowest BCUT2D eigenvalue weighted by molar-refractivity contribution is -0.113. The van der Waals surface area contributed by atoms with Crippen LogP contribution in [0.15, 0.2) is 90.0 Å². The summed E-state index contributed by atoms with van der Waals surface area (Å²) in [5, 5.41) is 6.97. The first kappa shape index (κ1) is 22.5. The van der Waals surface area contributed by atoms with Crippen molar-refractivity contribution in [3.05, 3.63) is 90.6 Å². The maximum Gasteiger partial charge on any atom is 0.251 e. The Hall–Kier alpha value is -3.71. The first-order chi connectivity index (χ1) is 16.1. The largest absolute Gasteiger partial charge is 0.497 e. The van der Waals surface area contributed by atoms with Gasteiger partial charge < -0.3 is 19.9 Å². The van der Waals surface area contributed by atoms with Gasteiger partial charge in [-0.05, 0) is 42.5 Å². The molecule has 168 valence electrons. The number of carbonyl (C=O) groups excluding carboxylic acids is 2. The molecule has 1 heterocycles. The van der Waals surface area contributed by atoms with E-state index in [9.17, 15) is 9.59 Å². The van der Waals surface area contributed by atoms with Gasteiger partial charge in [0.1, 0.15) is 5.75 Å². The zero-order valence-electron chi connectivity index (χ0n) is 18.3. The fraction of sp³-hybridized carbons (Fsp3) is 0.154. The molecular weight excluding hydrogens is 434 g/mol. The van der Waals surface area contributed by atoms with Crippen molar-refractivity contribution in [2.45, 2.75) is 11.4 Å². The number of thioether (sulfide) groups is 1. The van der Waals surface area contributed by atoms with Crippen molar-refractivity contribution in [1.29, 1.82) is 0 Å². The van der Waals surface area contributed by atoms with Gasteiger partial charge in [0.25, 0.3) is 5.91 Å². The van der Waals surface area contributed by atoms with Gasteiger partial charge in [-0.1, -0.05) is 36.4 Å². The summed E-state index contributed by atoms with van der Waals surface area (Å²) in [4.78, 5) is 25.8. The van der Waals surface area contributed by atoms with E-state index in [1.54, 1.807) is 31.4 Å². The van der Waals surface area contributed by atoms with Gasteiger partial charge in [0.05, 0.1) is 12.9 Å². The Morgan fingerprint density at radius 1 is 0.939 bits per heavy atom. The molecular formula is C26H25N3O3S. The van der Waals surface area contributed by atoms with Crippen LogP contribution in [0.1, 0.15) is 10.4 Å². The Labute approximate surface area is 196 Å². The standard InChI is InChI=1S/C26H25N3O3S/c1-32-21-13-11-19(12-14-21)26(31)27-15-16-29-17-24(22-9-5-6-10-23(22)29)33-18-25(30)28-20-7-3-2-4-8-20/h2-14,17H,15-16,18H2,1H3,(H,27,31)(H,28,30). The van der Waals surface area contributed by atoms with Crippen LogP contribution in [0.25, 0.3) is 10.9 Å². The first-order valence-corrected chi connectivity index (χ1v) is 11.6. The molecule has 0 aliphatic carbocycles. The number of hydrogen-bond acceptors (Lipinski definition) is 4. The van der Waals surface area contributed by atoms with Crippen LogP contribution in [-0.4, -0.2) is 35.8 Å². The molecule has 0 radical (unpaired) electrons. The van der Waals surface area contributed by atoms with Gasteiger partial charge in [0.15, 0.2) is 0 Å². The minimum Gasteiger partial charge on any atom is -0.497 e. The third kappa shape index (κ3) is 5.75. The first-order valence-electron chi connectivity index (χ1n) is 10.6. The number of ether oxygens (including phenoxy) is 1. The van der Waals surface area contributed by atoms with Gasteiger partial charge in [-0.2, -0.15) is 0 Å². The predicted octanol–water partition coefficient (Wildman–Crippen LogP) is 4.81. The number of aromatic nitrogens is 1. The molecule has 2 amide bonds. The average molecular weight is 460 g/mol. The summed E-state index contributed by atoms with van der Waals surface area (Å²) >= 11 is 1.51. The molecule has 6 nitrogen and oxygen atoms in total. The molecule has 2 N–H and O–H groups in total. The van der Waals surface area contributed by atoms with Gasteiger partial charge in [-0.25, -0.2) is 0 Å². The highest BCUT2D eigenvalue weighted by atomic mass is 32.2. The van der Waals surface area contributed by atoms with Crippen LogP contribution in [0.2, 0.25) is 0 Å². The smallest absolute Gasteiger partial charge is 0.251 e. The van der Waals surface area contributed by atoms with Crippen LogP contribution in [-0.2, 0) is 11.3 Å². The molecule has 0 aliphatic rings. The van der Waals surface area contributed by atoms with Crippen molar-refractivity contribution < 1.29 is 14.3 Å². The fourth-order valence-corrected chi connectivity index (χ4v) is 4.40. The van der Waals surface area contributed by atoms with Crippen molar-refractivity contribution in [2.75, 3.05) is 24.7 Å². The second kappa shape index (κ2) is 10.7. The number of methoxy groups -OCH3 is 1. The van der Waals surface area contributed by atoms with E-state index in [0.29, 0.717) is 30.2 Å². The minimum absolute atomic E-state index is 0.0465. The topological polar surface area (TPSA) is 72.4 Å². The number of nitrogens with one attached hydrogen (secondary N) is 2. The Bertz CT molecular complexity index is 1240. The summed E-state index contributed by atoms with van der Waals surface area (Å²) < 4.78 is 7.25. The third-order valence-corrected chi connectivity index (χ3v) is 6.20. The molecule has 0 spiro atoms. The lowest BCUT2D eigenvalue weighted by atomic mass is 10.2. The highest BCUT2D eigenvalue weighted by Gasteiger charge is 2.12. The molecule has 0 saturated carbocycles. The minimum atomic E-state index is -0.124. The SMILES string of the molecule is COc1ccc(C(=O)NCCn2cc(SCC(=O)Nc3ccccc3)c3ccccc32)cc1. The molecule has 4 rings (SSSR count). The Morgan fingerprint density at radius 3 is 2.42 bits per heavy atom. The van der Waals surface area contributed by atoms with E-state index in [1.165, 1.54) is 11.8 Å². The van der Waals surface area contributed by atoms with Gasteiger partial charge in [-0.3, -0.25) is 9.59 Å².